The molecule has 19 heavy (non-hydrogen) atoms. The predicted octanol–water partition coefficient (Wildman–Crippen LogP) is 2.57. The fourth-order valence-corrected chi connectivity index (χ4v) is 3.63. The Morgan fingerprint density at radius 3 is 2.68 bits per heavy atom. The van der Waals surface area contributed by atoms with Crippen LogP contribution in [0.2, 0.25) is 0 Å². The number of hydrogen-bond donors (Lipinski definition) is 0. The molecule has 1 fully saturated rings. The molecule has 0 radical (unpaired) electrons. The number of nitrogens with zero attached hydrogens (tertiary/aromatic N) is 2. The Labute approximate surface area is 121 Å². The first-order valence-electron chi connectivity index (χ1n) is 7.45. The van der Waals surface area contributed by atoms with E-state index in [2.05, 4.69) is 34.1 Å². The van der Waals surface area contributed by atoms with E-state index in [1.54, 1.807) is 11.1 Å². The topological polar surface area (TPSA) is 6.48 Å². The van der Waals surface area contributed by atoms with E-state index in [1.165, 1.54) is 45.6 Å². The van der Waals surface area contributed by atoms with Crippen molar-refractivity contribution in [2.75, 3.05) is 45.1 Å². The zero-order valence-corrected chi connectivity index (χ0v) is 12.3. The van der Waals surface area contributed by atoms with E-state index in [-0.39, 0.29) is 0 Å². The smallest absolute Gasteiger partial charge is 0.0351 e. The molecule has 0 saturated carbocycles. The van der Waals surface area contributed by atoms with E-state index in [0.717, 1.165) is 18.3 Å². The Bertz CT molecular complexity index is 421. The van der Waals surface area contributed by atoms with Gasteiger partial charge in [-0.05, 0) is 37.1 Å². The van der Waals surface area contributed by atoms with Crippen LogP contribution in [0.5, 0.6) is 0 Å². The molecule has 0 N–H and O–H groups in total. The summed E-state index contributed by atoms with van der Waals surface area (Å²) in [6.45, 7) is 7.13. The fourth-order valence-electron chi connectivity index (χ4n) is 3.39. The summed E-state index contributed by atoms with van der Waals surface area (Å²) in [7, 11) is 0. The van der Waals surface area contributed by atoms with Crippen molar-refractivity contribution < 1.29 is 0 Å². The maximum Gasteiger partial charge on any atom is 0.0351 e. The molecule has 1 aliphatic heterocycles. The normalized spacial score (nSPS) is 24.6. The molecule has 104 valence electrons. The monoisotopic (exact) mass is 278 g/mol. The van der Waals surface area contributed by atoms with Gasteiger partial charge in [0.1, 0.15) is 0 Å². The van der Waals surface area contributed by atoms with Crippen LogP contribution in [0, 0.1) is 0 Å². The Morgan fingerprint density at radius 2 is 1.84 bits per heavy atom. The standard InChI is InChI=1S/C16H23ClN2/c17-6-9-18-7-3-8-19(11-10-18)13-15-12-14-4-1-2-5-16(14)15/h1-2,4-5,15H,3,6-13H2. The van der Waals surface area contributed by atoms with Crippen molar-refractivity contribution in [1.82, 2.24) is 9.80 Å². The quantitative estimate of drug-likeness (QED) is 0.781. The van der Waals surface area contributed by atoms with Crippen LogP contribution in [-0.4, -0.2) is 54.9 Å². The number of fused-ring (bicyclic) bond motifs is 1. The minimum atomic E-state index is 0.760. The summed E-state index contributed by atoms with van der Waals surface area (Å²) in [5.74, 6) is 1.53. The zero-order valence-electron chi connectivity index (χ0n) is 11.5. The molecule has 3 heteroatoms. The van der Waals surface area contributed by atoms with Gasteiger partial charge in [0, 0.05) is 38.0 Å². The van der Waals surface area contributed by atoms with Crippen molar-refractivity contribution in [3.05, 3.63) is 35.4 Å². The van der Waals surface area contributed by atoms with Crippen molar-refractivity contribution in [2.24, 2.45) is 0 Å². The third-order valence-corrected chi connectivity index (χ3v) is 4.69. The molecule has 0 amide bonds. The van der Waals surface area contributed by atoms with E-state index in [1.807, 2.05) is 0 Å². The molecule has 0 aromatic heterocycles. The molecule has 3 rings (SSSR count). The maximum atomic E-state index is 5.84. The summed E-state index contributed by atoms with van der Waals surface area (Å²) in [5.41, 5.74) is 3.15. The molecule has 1 aromatic carbocycles. The highest BCUT2D eigenvalue weighted by atomic mass is 35.5. The van der Waals surface area contributed by atoms with Gasteiger partial charge in [-0.1, -0.05) is 24.3 Å². The van der Waals surface area contributed by atoms with Gasteiger partial charge in [0.05, 0.1) is 0 Å². The van der Waals surface area contributed by atoms with Crippen molar-refractivity contribution in [1.29, 1.82) is 0 Å². The van der Waals surface area contributed by atoms with Gasteiger partial charge >= 0.3 is 0 Å². The van der Waals surface area contributed by atoms with Gasteiger partial charge in [-0.2, -0.15) is 0 Å². The van der Waals surface area contributed by atoms with Crippen LogP contribution in [0.15, 0.2) is 24.3 Å². The molecule has 1 saturated heterocycles. The minimum absolute atomic E-state index is 0.760. The molecular formula is C16H23ClN2. The molecule has 2 nitrogen and oxygen atoms in total. The van der Waals surface area contributed by atoms with Crippen LogP contribution in [0.4, 0.5) is 0 Å². The molecular weight excluding hydrogens is 256 g/mol. The summed E-state index contributed by atoms with van der Waals surface area (Å²) in [4.78, 5) is 5.15. The maximum absolute atomic E-state index is 5.84. The van der Waals surface area contributed by atoms with Crippen molar-refractivity contribution in [3.63, 3.8) is 0 Å². The van der Waals surface area contributed by atoms with Gasteiger partial charge in [-0.25, -0.2) is 0 Å². The Balaban J connectivity index is 1.52. The molecule has 2 aliphatic rings. The van der Waals surface area contributed by atoms with Crippen LogP contribution in [0.25, 0.3) is 0 Å². The lowest BCUT2D eigenvalue weighted by Gasteiger charge is -2.34. The number of halogens is 1. The summed E-state index contributed by atoms with van der Waals surface area (Å²) >= 11 is 5.84. The minimum Gasteiger partial charge on any atom is -0.301 e. The second-order valence-electron chi connectivity index (χ2n) is 5.78. The van der Waals surface area contributed by atoms with Crippen molar-refractivity contribution in [2.45, 2.75) is 18.8 Å². The first-order chi connectivity index (χ1) is 9.36. The predicted molar refractivity (Wildman–Crippen MR) is 81.1 cm³/mol. The Morgan fingerprint density at radius 1 is 1.05 bits per heavy atom. The van der Waals surface area contributed by atoms with Gasteiger partial charge in [-0.15, -0.1) is 11.6 Å². The van der Waals surface area contributed by atoms with Crippen molar-refractivity contribution >= 4 is 11.6 Å². The summed E-state index contributed by atoms with van der Waals surface area (Å²) < 4.78 is 0. The van der Waals surface area contributed by atoms with Crippen LogP contribution in [0.1, 0.15) is 23.5 Å². The number of benzene rings is 1. The van der Waals surface area contributed by atoms with Crippen LogP contribution in [-0.2, 0) is 6.42 Å². The average Bonchev–Trinajstić information content (AvgIpc) is 2.62. The molecule has 1 atom stereocenters. The van der Waals surface area contributed by atoms with Crippen LogP contribution >= 0.6 is 11.6 Å². The number of rotatable bonds is 4. The van der Waals surface area contributed by atoms with Crippen molar-refractivity contribution in [3.8, 4) is 0 Å². The number of hydrogen-bond acceptors (Lipinski definition) is 2. The van der Waals surface area contributed by atoms with E-state index in [4.69, 9.17) is 11.6 Å². The molecule has 1 unspecified atom stereocenters. The summed E-state index contributed by atoms with van der Waals surface area (Å²) in [6.07, 6.45) is 2.56. The van der Waals surface area contributed by atoms with Crippen LogP contribution in [0.3, 0.4) is 0 Å². The highest BCUT2D eigenvalue weighted by molar-refractivity contribution is 6.18. The van der Waals surface area contributed by atoms with Crippen LogP contribution < -0.4 is 0 Å². The Hall–Kier alpha value is -0.570. The van der Waals surface area contributed by atoms with Gasteiger partial charge in [0.2, 0.25) is 0 Å². The zero-order chi connectivity index (χ0) is 13.1. The lowest BCUT2D eigenvalue weighted by molar-refractivity contribution is 0.245. The molecule has 1 heterocycles. The SMILES string of the molecule is ClCCN1CCCN(CC2Cc3ccccc32)CC1. The van der Waals surface area contributed by atoms with E-state index < -0.39 is 0 Å². The third kappa shape index (κ3) is 3.13. The second kappa shape index (κ2) is 6.25. The van der Waals surface area contributed by atoms with Gasteiger partial charge in [0.25, 0.3) is 0 Å². The average molecular weight is 279 g/mol. The Kier molecular flexibility index (Phi) is 4.42. The van der Waals surface area contributed by atoms with E-state index in [0.29, 0.717) is 0 Å². The third-order valence-electron chi connectivity index (χ3n) is 4.52. The highest BCUT2D eigenvalue weighted by Gasteiger charge is 2.27. The molecule has 0 spiro atoms. The van der Waals surface area contributed by atoms with E-state index >= 15 is 0 Å². The molecule has 0 bridgehead atoms. The molecule has 1 aromatic rings. The first kappa shape index (κ1) is 13.4. The lowest BCUT2D eigenvalue weighted by atomic mass is 9.77. The second-order valence-corrected chi connectivity index (χ2v) is 6.16. The van der Waals surface area contributed by atoms with Gasteiger partial charge < -0.3 is 9.80 Å². The highest BCUT2D eigenvalue weighted by Crippen LogP contribution is 2.35. The first-order valence-corrected chi connectivity index (χ1v) is 7.99. The van der Waals surface area contributed by atoms with E-state index in [9.17, 15) is 0 Å². The fraction of sp³-hybridized carbons (Fsp3) is 0.625. The molecule has 1 aliphatic carbocycles. The largest absolute Gasteiger partial charge is 0.301 e. The van der Waals surface area contributed by atoms with Gasteiger partial charge in [0.15, 0.2) is 0 Å². The lowest BCUT2D eigenvalue weighted by Crippen LogP contribution is -2.36. The summed E-state index contributed by atoms with van der Waals surface area (Å²) in [6, 6.07) is 8.91. The summed E-state index contributed by atoms with van der Waals surface area (Å²) in [5, 5.41) is 0. The number of alkyl halides is 1. The van der Waals surface area contributed by atoms with Gasteiger partial charge in [-0.3, -0.25) is 0 Å².